The van der Waals surface area contributed by atoms with E-state index in [-0.39, 0.29) is 62.2 Å². The number of hydrogen-bond donors (Lipinski definition) is 1. The van der Waals surface area contributed by atoms with Crippen LogP contribution < -0.4 is 9.47 Å². The molecule has 2 aromatic carbocycles. The maximum Gasteiger partial charge on any atom is 0.306 e. The molecular weight excluding hydrogens is 603 g/mol. The van der Waals surface area contributed by atoms with E-state index in [0.717, 1.165) is 43.4 Å². The number of hydrogen-bond acceptors (Lipinski definition) is 6. The molecule has 1 saturated heterocycles. The van der Waals surface area contributed by atoms with Gasteiger partial charge in [0.2, 0.25) is 11.8 Å². The van der Waals surface area contributed by atoms with E-state index in [9.17, 15) is 19.5 Å². The predicted octanol–water partition coefficient (Wildman–Crippen LogP) is 6.33. The van der Waals surface area contributed by atoms with Gasteiger partial charge in [-0.3, -0.25) is 24.2 Å². The number of halogens is 3. The highest BCUT2D eigenvalue weighted by Crippen LogP contribution is 2.43. The number of carbonyl (C=O) groups excluding carboxylic acids is 2. The van der Waals surface area contributed by atoms with Crippen molar-refractivity contribution in [3.05, 3.63) is 57.1 Å². The van der Waals surface area contributed by atoms with Crippen molar-refractivity contribution in [3.63, 3.8) is 0 Å². The van der Waals surface area contributed by atoms with E-state index in [1.165, 1.54) is 10.5 Å². The van der Waals surface area contributed by atoms with Crippen molar-refractivity contribution in [2.24, 2.45) is 11.8 Å². The third-order valence-corrected chi connectivity index (χ3v) is 9.57. The molecule has 2 amide bonds. The van der Waals surface area contributed by atoms with Crippen molar-refractivity contribution in [1.29, 1.82) is 0 Å². The predicted molar refractivity (Wildman–Crippen MR) is 163 cm³/mol. The van der Waals surface area contributed by atoms with Crippen molar-refractivity contribution in [1.82, 2.24) is 9.80 Å². The van der Waals surface area contributed by atoms with E-state index in [0.29, 0.717) is 46.8 Å². The maximum absolute atomic E-state index is 11.9. The van der Waals surface area contributed by atoms with Crippen molar-refractivity contribution in [3.8, 4) is 11.5 Å². The van der Waals surface area contributed by atoms with E-state index in [4.69, 9.17) is 32.7 Å². The molecule has 2 fully saturated rings. The summed E-state index contributed by atoms with van der Waals surface area (Å²) in [4.78, 5) is 39.0. The summed E-state index contributed by atoms with van der Waals surface area (Å²) in [5.74, 6) is 0.310. The molecule has 0 radical (unpaired) electrons. The molecule has 1 saturated carbocycles. The lowest BCUT2D eigenvalue weighted by atomic mass is 9.81. The zero-order valence-electron chi connectivity index (χ0n) is 23.7. The van der Waals surface area contributed by atoms with Crippen LogP contribution in [0.2, 0.25) is 10.0 Å². The molecule has 1 N–H and O–H groups in total. The SMILES string of the molecule is COc1cc(CN(CC2CCC(C(=O)O)CC2)[C@H]2CCc3c2ccc(Cl)c3Cl)ccc1OCCN1C(=O)CCC1=O.Cl. The van der Waals surface area contributed by atoms with Gasteiger partial charge in [0.1, 0.15) is 6.61 Å². The zero-order chi connectivity index (χ0) is 29.1. The molecule has 1 atom stereocenters. The molecular formula is C31H37Cl3N2O6. The van der Waals surface area contributed by atoms with E-state index in [2.05, 4.69) is 11.0 Å². The molecule has 3 aliphatic rings. The number of carbonyl (C=O) groups is 3. The molecule has 1 aliphatic heterocycles. The lowest BCUT2D eigenvalue weighted by Crippen LogP contribution is -2.34. The molecule has 2 aliphatic carbocycles. The fourth-order valence-corrected chi connectivity index (χ4v) is 6.94. The fraction of sp³-hybridized carbons (Fsp3) is 0.516. The Morgan fingerprint density at radius 3 is 2.38 bits per heavy atom. The van der Waals surface area contributed by atoms with Crippen molar-refractivity contribution >= 4 is 53.4 Å². The normalized spacial score (nSPS) is 21.8. The first-order chi connectivity index (χ1) is 19.7. The Balaban J connectivity index is 0.00000405. The minimum atomic E-state index is -0.690. The number of amides is 2. The molecule has 228 valence electrons. The largest absolute Gasteiger partial charge is 0.493 e. The standard InChI is InChI=1S/C31H36Cl2N2O6.ClH/c1-40-27-16-20(4-11-26(27)41-15-14-35-28(36)12-13-29(35)37)18-34(17-19-2-5-21(6-3-19)31(38)39)25-10-8-23-22(25)7-9-24(32)30(23)33;/h4,7,9,11,16,19,21,25H,2-3,5-6,8,10,12-15,17-18H2,1H3,(H,38,39);1H/t19?,21?,25-;/m0./s1. The van der Waals surface area contributed by atoms with Crippen LogP contribution in [0.25, 0.3) is 0 Å². The van der Waals surface area contributed by atoms with Gasteiger partial charge in [0.05, 0.1) is 29.6 Å². The summed E-state index contributed by atoms with van der Waals surface area (Å²) in [5.41, 5.74) is 3.38. The van der Waals surface area contributed by atoms with Gasteiger partial charge < -0.3 is 14.6 Å². The Morgan fingerprint density at radius 1 is 1.00 bits per heavy atom. The van der Waals surface area contributed by atoms with Crippen LogP contribution in [-0.2, 0) is 27.3 Å². The molecule has 0 bridgehead atoms. The number of benzene rings is 2. The molecule has 2 aromatic rings. The fourth-order valence-electron chi connectivity index (χ4n) is 6.50. The van der Waals surface area contributed by atoms with Gasteiger partial charge in [-0.25, -0.2) is 0 Å². The van der Waals surface area contributed by atoms with E-state index in [1.807, 2.05) is 24.3 Å². The second kappa shape index (κ2) is 14.3. The van der Waals surface area contributed by atoms with Crippen LogP contribution in [0.1, 0.15) is 67.7 Å². The number of carboxylic acid groups (broad SMARTS) is 1. The number of nitrogens with zero attached hydrogens (tertiary/aromatic N) is 2. The summed E-state index contributed by atoms with van der Waals surface area (Å²) >= 11 is 12.9. The maximum atomic E-state index is 11.9. The van der Waals surface area contributed by atoms with E-state index < -0.39 is 5.97 Å². The van der Waals surface area contributed by atoms with Crippen molar-refractivity contribution in [2.75, 3.05) is 26.8 Å². The van der Waals surface area contributed by atoms with Gasteiger partial charge >= 0.3 is 5.97 Å². The lowest BCUT2D eigenvalue weighted by Gasteiger charge is -2.35. The summed E-state index contributed by atoms with van der Waals surface area (Å²) in [6.07, 6.45) is 5.54. The summed E-state index contributed by atoms with van der Waals surface area (Å²) in [7, 11) is 1.59. The average molecular weight is 640 g/mol. The number of ether oxygens (including phenoxy) is 2. The van der Waals surface area contributed by atoms with Gasteiger partial charge in [0.25, 0.3) is 0 Å². The highest BCUT2D eigenvalue weighted by Gasteiger charge is 2.34. The van der Waals surface area contributed by atoms with Gasteiger partial charge in [0, 0.05) is 32.0 Å². The Morgan fingerprint density at radius 2 is 1.71 bits per heavy atom. The van der Waals surface area contributed by atoms with Gasteiger partial charge in [-0.05, 0) is 79.3 Å². The monoisotopic (exact) mass is 638 g/mol. The van der Waals surface area contributed by atoms with Crippen LogP contribution in [-0.4, -0.2) is 59.5 Å². The first kappa shape index (κ1) is 32.4. The van der Waals surface area contributed by atoms with Crippen molar-refractivity contribution in [2.45, 2.75) is 64.0 Å². The Kier molecular flexibility index (Phi) is 11.0. The average Bonchev–Trinajstić information content (AvgIpc) is 3.54. The summed E-state index contributed by atoms with van der Waals surface area (Å²) < 4.78 is 11.6. The molecule has 8 nitrogen and oxygen atoms in total. The number of fused-ring (bicyclic) bond motifs is 1. The Hall–Kier alpha value is -2.52. The quantitative estimate of drug-likeness (QED) is 0.287. The van der Waals surface area contributed by atoms with Crippen LogP contribution in [0.3, 0.4) is 0 Å². The third-order valence-electron chi connectivity index (χ3n) is 8.73. The summed E-state index contributed by atoms with van der Waals surface area (Å²) in [5, 5.41) is 10.7. The van der Waals surface area contributed by atoms with Crippen molar-refractivity contribution < 1.29 is 29.0 Å². The molecule has 0 aromatic heterocycles. The van der Waals surface area contributed by atoms with Crippen LogP contribution in [0.15, 0.2) is 30.3 Å². The first-order valence-electron chi connectivity index (χ1n) is 14.3. The number of methoxy groups -OCH3 is 1. The molecule has 11 heteroatoms. The molecule has 0 spiro atoms. The highest BCUT2D eigenvalue weighted by molar-refractivity contribution is 6.42. The third kappa shape index (κ3) is 7.16. The molecule has 42 heavy (non-hydrogen) atoms. The van der Waals surface area contributed by atoms with Crippen LogP contribution >= 0.6 is 35.6 Å². The Labute approximate surface area is 262 Å². The van der Waals surface area contributed by atoms with Crippen LogP contribution in [0.4, 0.5) is 0 Å². The minimum Gasteiger partial charge on any atom is -0.493 e. The zero-order valence-corrected chi connectivity index (χ0v) is 26.0. The Bertz CT molecular complexity index is 1300. The molecule has 1 heterocycles. The van der Waals surface area contributed by atoms with E-state index in [1.54, 1.807) is 7.11 Å². The second-order valence-corrected chi connectivity index (χ2v) is 12.0. The summed E-state index contributed by atoms with van der Waals surface area (Å²) in [6, 6.07) is 9.99. The molecule has 5 rings (SSSR count). The molecule has 0 unspecified atom stereocenters. The smallest absolute Gasteiger partial charge is 0.306 e. The topological polar surface area (TPSA) is 96.4 Å². The number of aliphatic carboxylic acids is 1. The van der Waals surface area contributed by atoms with Gasteiger partial charge in [-0.15, -0.1) is 12.4 Å². The highest BCUT2D eigenvalue weighted by atomic mass is 35.5. The van der Waals surface area contributed by atoms with Gasteiger partial charge in [0.15, 0.2) is 11.5 Å². The van der Waals surface area contributed by atoms with E-state index >= 15 is 0 Å². The summed E-state index contributed by atoms with van der Waals surface area (Å²) in [6.45, 7) is 1.94. The van der Waals surface area contributed by atoms with Gasteiger partial charge in [-0.1, -0.05) is 35.3 Å². The lowest BCUT2D eigenvalue weighted by molar-refractivity contribution is -0.143. The number of likely N-dealkylation sites (tertiary alicyclic amines) is 1. The van der Waals surface area contributed by atoms with Crippen LogP contribution in [0.5, 0.6) is 11.5 Å². The minimum absolute atomic E-state index is 0. The van der Waals surface area contributed by atoms with Gasteiger partial charge in [-0.2, -0.15) is 0 Å². The number of rotatable bonds is 11. The second-order valence-electron chi connectivity index (χ2n) is 11.2. The number of imide groups is 1. The first-order valence-corrected chi connectivity index (χ1v) is 15.1. The number of carboxylic acids is 1. The van der Waals surface area contributed by atoms with Crippen LogP contribution in [0, 0.1) is 11.8 Å².